The molecule has 0 saturated carbocycles. The molecule has 0 spiro atoms. The molecule has 0 nitrogen and oxygen atoms in total. The largest absolute Gasteiger partial charge is 0.482 e. The summed E-state index contributed by atoms with van der Waals surface area (Å²) in [5, 5.41) is -0.0185. The molecule has 0 amide bonds. The molecule has 0 fully saturated rings. The SMILES string of the molecule is Fc1cc(Cl)cc(C[B-](F)(F)F)c1. The minimum Gasteiger partial charge on any atom is -0.449 e. The van der Waals surface area contributed by atoms with E-state index in [0.29, 0.717) is 0 Å². The molecule has 13 heavy (non-hydrogen) atoms. The summed E-state index contributed by atoms with van der Waals surface area (Å²) in [7, 11) is 0. The van der Waals surface area contributed by atoms with Crippen LogP contribution in [0.3, 0.4) is 0 Å². The quantitative estimate of drug-likeness (QED) is 0.519. The Balaban J connectivity index is 2.90. The van der Waals surface area contributed by atoms with Crippen LogP contribution < -0.4 is 0 Å². The van der Waals surface area contributed by atoms with Crippen molar-refractivity contribution in [1.29, 1.82) is 0 Å². The van der Waals surface area contributed by atoms with Crippen molar-refractivity contribution in [1.82, 2.24) is 0 Å². The van der Waals surface area contributed by atoms with Crippen LogP contribution in [-0.2, 0) is 6.32 Å². The Labute approximate surface area is 77.6 Å². The molecule has 0 atom stereocenters. The summed E-state index contributed by atoms with van der Waals surface area (Å²) in [5.74, 6) is -0.748. The second-order valence-corrected chi connectivity index (χ2v) is 3.13. The lowest BCUT2D eigenvalue weighted by molar-refractivity contribution is 0.468. The molecule has 0 saturated heterocycles. The van der Waals surface area contributed by atoms with E-state index in [-0.39, 0.29) is 10.6 Å². The van der Waals surface area contributed by atoms with Crippen molar-refractivity contribution in [3.63, 3.8) is 0 Å². The van der Waals surface area contributed by atoms with Crippen LogP contribution in [0.5, 0.6) is 0 Å². The average molecular weight is 211 g/mol. The zero-order valence-electron chi connectivity index (χ0n) is 6.41. The van der Waals surface area contributed by atoms with Gasteiger partial charge in [0, 0.05) is 5.02 Å². The van der Waals surface area contributed by atoms with E-state index in [1.165, 1.54) is 0 Å². The van der Waals surface area contributed by atoms with Crippen molar-refractivity contribution < 1.29 is 17.3 Å². The van der Waals surface area contributed by atoms with E-state index >= 15 is 0 Å². The maximum Gasteiger partial charge on any atom is 0.482 e. The predicted octanol–water partition coefficient (Wildman–Crippen LogP) is 3.41. The van der Waals surface area contributed by atoms with Gasteiger partial charge in [-0.05, 0) is 18.2 Å². The van der Waals surface area contributed by atoms with Crippen molar-refractivity contribution in [2.24, 2.45) is 0 Å². The monoisotopic (exact) mass is 211 g/mol. The first-order chi connectivity index (χ1) is 5.87. The van der Waals surface area contributed by atoms with Crippen LogP contribution in [0.4, 0.5) is 17.3 Å². The molecular formula is C7H5BClF4-. The second kappa shape index (κ2) is 3.58. The Morgan fingerprint density at radius 2 is 1.77 bits per heavy atom. The lowest BCUT2D eigenvalue weighted by atomic mass is 9.82. The van der Waals surface area contributed by atoms with Gasteiger partial charge in [0.25, 0.3) is 0 Å². The summed E-state index contributed by atoms with van der Waals surface area (Å²) in [6.07, 6.45) is -1.10. The highest BCUT2D eigenvalue weighted by atomic mass is 35.5. The van der Waals surface area contributed by atoms with E-state index in [1.807, 2.05) is 0 Å². The first kappa shape index (κ1) is 10.4. The van der Waals surface area contributed by atoms with Crippen molar-refractivity contribution >= 4 is 18.6 Å². The zero-order valence-corrected chi connectivity index (χ0v) is 7.16. The Morgan fingerprint density at radius 1 is 1.15 bits per heavy atom. The number of hydrogen-bond donors (Lipinski definition) is 0. The third kappa shape index (κ3) is 3.68. The molecule has 1 aromatic rings. The van der Waals surface area contributed by atoms with E-state index in [2.05, 4.69) is 0 Å². The predicted molar refractivity (Wildman–Crippen MR) is 44.2 cm³/mol. The van der Waals surface area contributed by atoms with Crippen LogP contribution in [0.1, 0.15) is 5.56 Å². The highest BCUT2D eigenvalue weighted by Crippen LogP contribution is 2.20. The third-order valence-corrected chi connectivity index (χ3v) is 1.61. The first-order valence-corrected chi connectivity index (χ1v) is 3.90. The van der Waals surface area contributed by atoms with Gasteiger partial charge in [-0.25, -0.2) is 4.39 Å². The van der Waals surface area contributed by atoms with E-state index in [4.69, 9.17) is 11.6 Å². The lowest BCUT2D eigenvalue weighted by Crippen LogP contribution is -2.19. The molecule has 0 heterocycles. The van der Waals surface area contributed by atoms with E-state index in [1.54, 1.807) is 0 Å². The fraction of sp³-hybridized carbons (Fsp3) is 0.143. The molecule has 0 aromatic heterocycles. The highest BCUT2D eigenvalue weighted by molar-refractivity contribution is 6.57. The minimum atomic E-state index is -4.94. The van der Waals surface area contributed by atoms with Gasteiger partial charge in [0.1, 0.15) is 5.82 Å². The van der Waals surface area contributed by atoms with Crippen molar-refractivity contribution in [2.45, 2.75) is 6.32 Å². The van der Waals surface area contributed by atoms with Gasteiger partial charge in [0.15, 0.2) is 0 Å². The summed E-state index contributed by atoms with van der Waals surface area (Å²) < 4.78 is 48.3. The molecule has 0 bridgehead atoms. The molecule has 0 aliphatic carbocycles. The van der Waals surface area contributed by atoms with Crippen LogP contribution in [0.25, 0.3) is 0 Å². The lowest BCUT2D eigenvalue weighted by Gasteiger charge is -2.13. The molecule has 0 aliphatic heterocycles. The smallest absolute Gasteiger partial charge is 0.449 e. The number of hydrogen-bond acceptors (Lipinski definition) is 0. The Morgan fingerprint density at radius 3 is 2.23 bits per heavy atom. The summed E-state index contributed by atoms with van der Waals surface area (Å²) in [6, 6.07) is 2.91. The van der Waals surface area contributed by atoms with Crippen LogP contribution in [0.2, 0.25) is 5.02 Å². The average Bonchev–Trinajstić information content (AvgIpc) is 1.78. The molecule has 1 aromatic carbocycles. The standard InChI is InChI=1S/C7H5BClF4/c9-6-1-5(2-7(10)3-6)4-8(11,12)13/h1-3H,4H2/q-1. The van der Waals surface area contributed by atoms with Gasteiger partial charge in [-0.15, -0.1) is 0 Å². The van der Waals surface area contributed by atoms with Gasteiger partial charge in [0.05, 0.1) is 0 Å². The van der Waals surface area contributed by atoms with Crippen LogP contribution >= 0.6 is 11.6 Å². The van der Waals surface area contributed by atoms with Gasteiger partial charge < -0.3 is 12.9 Å². The van der Waals surface area contributed by atoms with Crippen LogP contribution in [-0.4, -0.2) is 6.98 Å². The number of halogens is 5. The summed E-state index contributed by atoms with van der Waals surface area (Å²) in [4.78, 5) is 0. The highest BCUT2D eigenvalue weighted by Gasteiger charge is 2.23. The molecule has 0 radical (unpaired) electrons. The van der Waals surface area contributed by atoms with E-state index < -0.39 is 19.1 Å². The fourth-order valence-electron chi connectivity index (χ4n) is 0.996. The number of rotatable bonds is 2. The molecule has 6 heteroatoms. The fourth-order valence-corrected chi connectivity index (χ4v) is 1.24. The normalized spacial score (nSPS) is 11.8. The second-order valence-electron chi connectivity index (χ2n) is 2.69. The molecule has 1 rings (SSSR count). The van der Waals surface area contributed by atoms with Gasteiger partial charge in [-0.3, -0.25) is 0 Å². The van der Waals surface area contributed by atoms with Crippen molar-refractivity contribution in [2.75, 3.05) is 0 Å². The van der Waals surface area contributed by atoms with Gasteiger partial charge in [-0.2, -0.15) is 0 Å². The van der Waals surface area contributed by atoms with Gasteiger partial charge >= 0.3 is 6.98 Å². The summed E-state index contributed by atoms with van der Waals surface area (Å²) in [6.45, 7) is -4.94. The van der Waals surface area contributed by atoms with Crippen LogP contribution in [0, 0.1) is 5.82 Å². The molecule has 72 valence electrons. The summed E-state index contributed by atoms with van der Waals surface area (Å²) in [5.41, 5.74) is -0.141. The first-order valence-electron chi connectivity index (χ1n) is 3.53. The Kier molecular flexibility index (Phi) is 2.85. The molecule has 0 N–H and O–H groups in total. The minimum absolute atomic E-state index is 0.0185. The number of benzene rings is 1. The summed E-state index contributed by atoms with van der Waals surface area (Å²) >= 11 is 5.38. The maximum absolute atomic E-state index is 12.6. The van der Waals surface area contributed by atoms with Crippen LogP contribution in [0.15, 0.2) is 18.2 Å². The maximum atomic E-state index is 12.6. The third-order valence-electron chi connectivity index (χ3n) is 1.39. The van der Waals surface area contributed by atoms with E-state index in [9.17, 15) is 17.3 Å². The molecule has 0 aliphatic rings. The Bertz CT molecular complexity index is 290. The zero-order chi connectivity index (χ0) is 10.1. The molecular weight excluding hydrogens is 206 g/mol. The van der Waals surface area contributed by atoms with Gasteiger partial charge in [-0.1, -0.05) is 23.5 Å². The Hall–Kier alpha value is -0.705. The van der Waals surface area contributed by atoms with Crippen molar-refractivity contribution in [3.05, 3.63) is 34.6 Å². The van der Waals surface area contributed by atoms with Gasteiger partial charge in [0.2, 0.25) is 0 Å². The molecule has 0 unspecified atom stereocenters. The topological polar surface area (TPSA) is 0 Å². The van der Waals surface area contributed by atoms with E-state index in [0.717, 1.165) is 18.2 Å². The van der Waals surface area contributed by atoms with Crippen molar-refractivity contribution in [3.8, 4) is 0 Å².